The van der Waals surface area contributed by atoms with Gasteiger partial charge in [0.1, 0.15) is 16.5 Å². The first-order chi connectivity index (χ1) is 9.84. The number of anilines is 1. The standard InChI is InChI=1S/C14H20F2N2O2S/c1-18(10-6-4-2-3-5-7-10)21(19,20)14-9-13(17)11(15)8-12(14)16/h8-10H,2-7,17H2,1H3. The van der Waals surface area contributed by atoms with E-state index in [0.717, 1.165) is 44.6 Å². The Morgan fingerprint density at radius 2 is 1.67 bits per heavy atom. The van der Waals surface area contributed by atoms with E-state index in [4.69, 9.17) is 5.73 Å². The van der Waals surface area contributed by atoms with Crippen LogP contribution in [0.4, 0.5) is 14.5 Å². The highest BCUT2D eigenvalue weighted by Gasteiger charge is 2.31. The van der Waals surface area contributed by atoms with Crippen LogP contribution in [0.5, 0.6) is 0 Å². The summed E-state index contributed by atoms with van der Waals surface area (Å²) in [5, 5.41) is 0. The van der Waals surface area contributed by atoms with Gasteiger partial charge in [0.25, 0.3) is 0 Å². The quantitative estimate of drug-likeness (QED) is 0.688. The Hall–Kier alpha value is -1.21. The van der Waals surface area contributed by atoms with Crippen LogP contribution in [-0.2, 0) is 10.0 Å². The fourth-order valence-corrected chi connectivity index (χ4v) is 4.21. The van der Waals surface area contributed by atoms with Gasteiger partial charge >= 0.3 is 0 Å². The molecule has 2 rings (SSSR count). The molecule has 1 aromatic carbocycles. The van der Waals surface area contributed by atoms with Crippen molar-refractivity contribution in [1.82, 2.24) is 4.31 Å². The van der Waals surface area contributed by atoms with E-state index in [1.165, 1.54) is 11.4 Å². The molecule has 118 valence electrons. The molecule has 2 N–H and O–H groups in total. The van der Waals surface area contributed by atoms with Gasteiger partial charge in [0.2, 0.25) is 10.0 Å². The lowest BCUT2D eigenvalue weighted by Gasteiger charge is -2.26. The number of hydrogen-bond acceptors (Lipinski definition) is 3. The maximum absolute atomic E-state index is 13.8. The Morgan fingerprint density at radius 3 is 2.24 bits per heavy atom. The van der Waals surface area contributed by atoms with Crippen LogP contribution in [-0.4, -0.2) is 25.8 Å². The minimum atomic E-state index is -4.01. The molecular weight excluding hydrogens is 298 g/mol. The molecule has 0 heterocycles. The summed E-state index contributed by atoms with van der Waals surface area (Å²) in [6.45, 7) is 0. The summed E-state index contributed by atoms with van der Waals surface area (Å²) >= 11 is 0. The molecule has 0 radical (unpaired) electrons. The predicted molar refractivity (Wildman–Crippen MR) is 77.2 cm³/mol. The van der Waals surface area contributed by atoms with E-state index in [0.29, 0.717) is 6.07 Å². The molecule has 21 heavy (non-hydrogen) atoms. The molecule has 1 aromatic rings. The Kier molecular flexibility index (Phi) is 4.83. The van der Waals surface area contributed by atoms with Gasteiger partial charge in [-0.05, 0) is 18.9 Å². The van der Waals surface area contributed by atoms with Crippen molar-refractivity contribution in [3.8, 4) is 0 Å². The summed E-state index contributed by atoms with van der Waals surface area (Å²) in [5.74, 6) is -2.06. The minimum Gasteiger partial charge on any atom is -0.396 e. The van der Waals surface area contributed by atoms with E-state index in [1.54, 1.807) is 0 Å². The predicted octanol–water partition coefficient (Wildman–Crippen LogP) is 2.89. The summed E-state index contributed by atoms with van der Waals surface area (Å²) < 4.78 is 53.3. The molecule has 0 spiro atoms. The van der Waals surface area contributed by atoms with E-state index in [-0.39, 0.29) is 11.7 Å². The van der Waals surface area contributed by atoms with Gasteiger partial charge in [-0.25, -0.2) is 17.2 Å². The van der Waals surface area contributed by atoms with Crippen LogP contribution in [0.1, 0.15) is 38.5 Å². The fraction of sp³-hybridized carbons (Fsp3) is 0.571. The Morgan fingerprint density at radius 1 is 1.10 bits per heavy atom. The summed E-state index contributed by atoms with van der Waals surface area (Å²) in [6.07, 6.45) is 5.60. The van der Waals surface area contributed by atoms with Gasteiger partial charge in [-0.1, -0.05) is 25.7 Å². The lowest BCUT2D eigenvalue weighted by atomic mass is 10.1. The van der Waals surface area contributed by atoms with Crippen molar-refractivity contribution in [3.63, 3.8) is 0 Å². The fourth-order valence-electron chi connectivity index (χ4n) is 2.72. The highest BCUT2D eigenvalue weighted by Crippen LogP contribution is 2.28. The second kappa shape index (κ2) is 6.27. The van der Waals surface area contributed by atoms with Crippen molar-refractivity contribution >= 4 is 15.7 Å². The lowest BCUT2D eigenvalue weighted by molar-refractivity contribution is 0.334. The first-order valence-electron chi connectivity index (χ1n) is 7.06. The van der Waals surface area contributed by atoms with Crippen LogP contribution < -0.4 is 5.73 Å². The lowest BCUT2D eigenvalue weighted by Crippen LogP contribution is -2.37. The van der Waals surface area contributed by atoms with Crippen LogP contribution in [0.2, 0.25) is 0 Å². The molecule has 0 amide bonds. The number of hydrogen-bond donors (Lipinski definition) is 1. The van der Waals surface area contributed by atoms with E-state index >= 15 is 0 Å². The maximum Gasteiger partial charge on any atom is 0.246 e. The van der Waals surface area contributed by atoms with Crippen molar-refractivity contribution in [2.75, 3.05) is 12.8 Å². The third-order valence-corrected chi connectivity index (χ3v) is 5.97. The molecule has 0 saturated heterocycles. The van der Waals surface area contributed by atoms with Crippen LogP contribution in [0, 0.1) is 11.6 Å². The molecular formula is C14H20F2N2O2S. The van der Waals surface area contributed by atoms with Gasteiger partial charge in [-0.15, -0.1) is 0 Å². The molecule has 0 unspecified atom stereocenters. The molecule has 4 nitrogen and oxygen atoms in total. The first kappa shape index (κ1) is 16.2. The molecule has 1 saturated carbocycles. The third kappa shape index (κ3) is 3.35. The number of rotatable bonds is 3. The average Bonchev–Trinajstić information content (AvgIpc) is 2.70. The minimum absolute atomic E-state index is 0.150. The zero-order chi connectivity index (χ0) is 15.6. The van der Waals surface area contributed by atoms with Gasteiger partial charge in [0.15, 0.2) is 0 Å². The summed E-state index contributed by atoms with van der Waals surface area (Å²) in [6, 6.07) is 1.22. The van der Waals surface area contributed by atoms with Gasteiger partial charge in [-0.3, -0.25) is 0 Å². The van der Waals surface area contributed by atoms with Gasteiger partial charge < -0.3 is 5.73 Å². The van der Waals surface area contributed by atoms with E-state index in [1.807, 2.05) is 0 Å². The van der Waals surface area contributed by atoms with E-state index in [2.05, 4.69) is 0 Å². The summed E-state index contributed by atoms with van der Waals surface area (Å²) in [4.78, 5) is -0.562. The molecule has 0 bridgehead atoms. The van der Waals surface area contributed by atoms with Crippen LogP contribution in [0.25, 0.3) is 0 Å². The SMILES string of the molecule is CN(C1CCCCCC1)S(=O)(=O)c1cc(N)c(F)cc1F. The summed E-state index contributed by atoms with van der Waals surface area (Å²) in [5.41, 5.74) is 4.99. The molecule has 0 atom stereocenters. The normalized spacial score (nSPS) is 17.9. The van der Waals surface area contributed by atoms with Crippen molar-refractivity contribution in [2.24, 2.45) is 0 Å². The highest BCUT2D eigenvalue weighted by atomic mass is 32.2. The molecule has 1 fully saturated rings. The number of halogens is 2. The number of nitrogens with zero attached hydrogens (tertiary/aromatic N) is 1. The molecule has 0 aromatic heterocycles. The number of benzene rings is 1. The number of nitrogens with two attached hydrogens (primary N) is 1. The second-order valence-corrected chi connectivity index (χ2v) is 7.44. The van der Waals surface area contributed by atoms with Crippen LogP contribution in [0.15, 0.2) is 17.0 Å². The number of sulfonamides is 1. The summed E-state index contributed by atoms with van der Waals surface area (Å²) in [7, 11) is -2.56. The Labute approximate surface area is 124 Å². The average molecular weight is 318 g/mol. The highest BCUT2D eigenvalue weighted by molar-refractivity contribution is 7.89. The Balaban J connectivity index is 2.34. The van der Waals surface area contributed by atoms with Gasteiger partial charge in [0, 0.05) is 19.2 Å². The first-order valence-corrected chi connectivity index (χ1v) is 8.50. The van der Waals surface area contributed by atoms with Crippen molar-refractivity contribution in [3.05, 3.63) is 23.8 Å². The number of nitrogen functional groups attached to an aromatic ring is 1. The zero-order valence-electron chi connectivity index (χ0n) is 12.0. The van der Waals surface area contributed by atoms with Gasteiger partial charge in [0.05, 0.1) is 5.69 Å². The van der Waals surface area contributed by atoms with Crippen LogP contribution >= 0.6 is 0 Å². The molecule has 1 aliphatic rings. The molecule has 7 heteroatoms. The van der Waals surface area contributed by atoms with E-state index < -0.39 is 26.6 Å². The Bertz CT molecular complexity index is 612. The third-order valence-electron chi connectivity index (χ3n) is 4.05. The van der Waals surface area contributed by atoms with Crippen molar-refractivity contribution < 1.29 is 17.2 Å². The molecule has 0 aliphatic heterocycles. The van der Waals surface area contributed by atoms with Gasteiger partial charge in [-0.2, -0.15) is 4.31 Å². The monoisotopic (exact) mass is 318 g/mol. The largest absolute Gasteiger partial charge is 0.396 e. The van der Waals surface area contributed by atoms with E-state index in [9.17, 15) is 17.2 Å². The van der Waals surface area contributed by atoms with Crippen molar-refractivity contribution in [1.29, 1.82) is 0 Å². The zero-order valence-corrected chi connectivity index (χ0v) is 12.8. The van der Waals surface area contributed by atoms with Crippen LogP contribution in [0.3, 0.4) is 0 Å². The second-order valence-electron chi connectivity index (χ2n) is 5.47. The smallest absolute Gasteiger partial charge is 0.246 e. The maximum atomic E-state index is 13.8. The molecule has 1 aliphatic carbocycles. The van der Waals surface area contributed by atoms with Crippen molar-refractivity contribution in [2.45, 2.75) is 49.5 Å². The topological polar surface area (TPSA) is 63.4 Å².